The third-order valence-electron chi connectivity index (χ3n) is 4.50. The number of aryl methyl sites for hydroxylation is 1. The number of rotatable bonds is 11. The monoisotopic (exact) mass is 505 g/mol. The number of halogens is 1. The summed E-state index contributed by atoms with van der Waals surface area (Å²) in [7, 11) is 2.04. The Balaban J connectivity index is 0.00000392. The molecule has 0 spiro atoms. The summed E-state index contributed by atoms with van der Waals surface area (Å²) >= 11 is 0. The molecule has 6 nitrogen and oxygen atoms in total. The van der Waals surface area contributed by atoms with Crippen LogP contribution in [0.1, 0.15) is 25.3 Å². The lowest BCUT2D eigenvalue weighted by molar-refractivity contribution is 0.0893. The van der Waals surface area contributed by atoms with Crippen molar-refractivity contribution in [2.45, 2.75) is 26.7 Å². The van der Waals surface area contributed by atoms with Crippen LogP contribution < -0.4 is 10.1 Å². The molecule has 0 amide bonds. The summed E-state index contributed by atoms with van der Waals surface area (Å²) in [4.78, 5) is 6.80. The van der Waals surface area contributed by atoms with E-state index < -0.39 is 0 Å². The van der Waals surface area contributed by atoms with Gasteiger partial charge in [-0.3, -0.25) is 4.99 Å². The summed E-state index contributed by atoms with van der Waals surface area (Å²) in [5, 5.41) is 3.34. The average molecular weight is 505 g/mol. The number of hydrogen-bond donors (Lipinski definition) is 1. The molecule has 1 saturated heterocycles. The Labute approximate surface area is 187 Å². The van der Waals surface area contributed by atoms with Crippen molar-refractivity contribution in [3.63, 3.8) is 0 Å². The predicted molar refractivity (Wildman–Crippen MR) is 125 cm³/mol. The van der Waals surface area contributed by atoms with Gasteiger partial charge in [0.1, 0.15) is 12.4 Å². The van der Waals surface area contributed by atoms with E-state index >= 15 is 0 Å². The summed E-state index contributed by atoms with van der Waals surface area (Å²) in [6, 6.07) is 8.14. The quantitative estimate of drug-likeness (QED) is 0.217. The van der Waals surface area contributed by atoms with Crippen LogP contribution in [0.25, 0.3) is 0 Å². The van der Waals surface area contributed by atoms with Crippen molar-refractivity contribution in [2.75, 3.05) is 59.7 Å². The van der Waals surface area contributed by atoms with E-state index in [0.29, 0.717) is 12.5 Å². The van der Waals surface area contributed by atoms with Crippen molar-refractivity contribution >= 4 is 29.9 Å². The highest BCUT2D eigenvalue weighted by Crippen LogP contribution is 2.12. The normalized spacial score (nSPS) is 16.5. The first-order valence-corrected chi connectivity index (χ1v) is 10.0. The molecule has 0 saturated carbocycles. The van der Waals surface area contributed by atoms with Crippen molar-refractivity contribution in [2.24, 2.45) is 10.9 Å². The van der Waals surface area contributed by atoms with E-state index in [4.69, 9.17) is 19.2 Å². The molecule has 1 N–H and O–H groups in total. The molecule has 0 bridgehead atoms. The lowest BCUT2D eigenvalue weighted by atomic mass is 10.1. The number of hydrogen-bond acceptors (Lipinski definition) is 4. The number of likely N-dealkylation sites (N-methyl/N-ethyl adjacent to an activating group) is 1. The number of nitrogens with one attached hydrogen (secondary N) is 1. The molecule has 1 aliphatic rings. The van der Waals surface area contributed by atoms with E-state index in [9.17, 15) is 0 Å². The van der Waals surface area contributed by atoms with Crippen molar-refractivity contribution in [1.82, 2.24) is 10.2 Å². The van der Waals surface area contributed by atoms with Gasteiger partial charge in [-0.25, -0.2) is 0 Å². The van der Waals surface area contributed by atoms with Crippen LogP contribution in [0.3, 0.4) is 0 Å². The molecule has 0 aromatic heterocycles. The molecule has 1 fully saturated rings. The van der Waals surface area contributed by atoms with Gasteiger partial charge in [-0.15, -0.1) is 24.0 Å². The van der Waals surface area contributed by atoms with Gasteiger partial charge >= 0.3 is 0 Å². The number of aliphatic imine (C=N–C) groups is 1. The first-order chi connectivity index (χ1) is 13.2. The summed E-state index contributed by atoms with van der Waals surface area (Å²) in [5.41, 5.74) is 1.24. The third-order valence-corrected chi connectivity index (χ3v) is 4.50. The second-order valence-corrected chi connectivity index (χ2v) is 6.98. The van der Waals surface area contributed by atoms with E-state index in [0.717, 1.165) is 70.6 Å². The second-order valence-electron chi connectivity index (χ2n) is 6.98. The van der Waals surface area contributed by atoms with Gasteiger partial charge in [-0.1, -0.05) is 17.7 Å². The molecule has 0 aliphatic carbocycles. The Morgan fingerprint density at radius 2 is 2.07 bits per heavy atom. The largest absolute Gasteiger partial charge is 0.492 e. The Kier molecular flexibility index (Phi) is 13.3. The minimum Gasteiger partial charge on any atom is -0.492 e. The fraction of sp³-hybridized carbons (Fsp3) is 0.667. The SMILES string of the molecule is CCNC(=NCCCOCC1CCOC1)N(C)CCOc1ccc(C)cc1.I. The molecule has 0 radical (unpaired) electrons. The van der Waals surface area contributed by atoms with Gasteiger partial charge in [0, 0.05) is 39.3 Å². The highest BCUT2D eigenvalue weighted by Gasteiger charge is 2.15. The fourth-order valence-electron chi connectivity index (χ4n) is 2.83. The van der Waals surface area contributed by atoms with E-state index in [1.54, 1.807) is 0 Å². The zero-order valence-electron chi connectivity index (χ0n) is 17.5. The average Bonchev–Trinajstić information content (AvgIpc) is 3.18. The van der Waals surface area contributed by atoms with Gasteiger partial charge in [-0.2, -0.15) is 0 Å². The van der Waals surface area contributed by atoms with E-state index in [1.807, 2.05) is 19.2 Å². The van der Waals surface area contributed by atoms with Crippen LogP contribution in [0, 0.1) is 12.8 Å². The summed E-state index contributed by atoms with van der Waals surface area (Å²) in [6.45, 7) is 10.4. The standard InChI is InChI=1S/C21H35N3O3.HI/c1-4-22-21(23-11-5-13-25-16-19-10-14-26-17-19)24(3)12-15-27-20-8-6-18(2)7-9-20;/h6-9,19H,4-5,10-17H2,1-3H3,(H,22,23);1H. The molecular weight excluding hydrogens is 469 g/mol. The summed E-state index contributed by atoms with van der Waals surface area (Å²) in [6.07, 6.45) is 2.05. The van der Waals surface area contributed by atoms with Crippen LogP contribution in [-0.2, 0) is 9.47 Å². The van der Waals surface area contributed by atoms with Crippen LogP contribution in [0.15, 0.2) is 29.3 Å². The number of guanidine groups is 1. The molecule has 1 aliphatic heterocycles. The van der Waals surface area contributed by atoms with Gasteiger partial charge in [0.15, 0.2) is 5.96 Å². The number of ether oxygens (including phenoxy) is 3. The molecule has 1 heterocycles. The third kappa shape index (κ3) is 9.93. The molecule has 1 unspecified atom stereocenters. The molecule has 7 heteroatoms. The van der Waals surface area contributed by atoms with Gasteiger partial charge in [-0.05, 0) is 38.8 Å². The highest BCUT2D eigenvalue weighted by molar-refractivity contribution is 14.0. The maximum Gasteiger partial charge on any atom is 0.193 e. The van der Waals surface area contributed by atoms with Crippen LogP contribution in [-0.4, -0.2) is 70.6 Å². The fourth-order valence-corrected chi connectivity index (χ4v) is 2.83. The van der Waals surface area contributed by atoms with Crippen LogP contribution in [0.4, 0.5) is 0 Å². The summed E-state index contributed by atoms with van der Waals surface area (Å²) < 4.78 is 16.9. The minimum atomic E-state index is 0. The van der Waals surface area contributed by atoms with E-state index in [1.165, 1.54) is 5.56 Å². The van der Waals surface area contributed by atoms with Crippen molar-refractivity contribution in [1.29, 1.82) is 0 Å². The molecule has 160 valence electrons. The molecule has 28 heavy (non-hydrogen) atoms. The first kappa shape index (κ1) is 25.0. The lowest BCUT2D eigenvalue weighted by Gasteiger charge is -2.22. The maximum absolute atomic E-state index is 5.81. The Morgan fingerprint density at radius 1 is 1.29 bits per heavy atom. The van der Waals surface area contributed by atoms with Crippen LogP contribution in [0.2, 0.25) is 0 Å². The number of nitrogens with zero attached hydrogens (tertiary/aromatic N) is 2. The van der Waals surface area contributed by atoms with Crippen molar-refractivity contribution in [3.05, 3.63) is 29.8 Å². The molecule has 1 aromatic rings. The zero-order chi connectivity index (χ0) is 19.3. The van der Waals surface area contributed by atoms with Crippen molar-refractivity contribution in [3.8, 4) is 5.75 Å². The Hall–Kier alpha value is -1.06. The number of benzene rings is 1. The first-order valence-electron chi connectivity index (χ1n) is 10.0. The van der Waals surface area contributed by atoms with Gasteiger partial charge < -0.3 is 24.4 Å². The molecule has 1 atom stereocenters. The minimum absolute atomic E-state index is 0. The van der Waals surface area contributed by atoms with Crippen LogP contribution in [0.5, 0.6) is 5.75 Å². The summed E-state index contributed by atoms with van der Waals surface area (Å²) in [5.74, 6) is 2.39. The molecule has 1 aromatic carbocycles. The topological polar surface area (TPSA) is 55.3 Å². The second kappa shape index (κ2) is 14.9. The van der Waals surface area contributed by atoms with E-state index in [2.05, 4.69) is 36.2 Å². The molecular formula is C21H36IN3O3. The lowest BCUT2D eigenvalue weighted by Crippen LogP contribution is -2.41. The smallest absolute Gasteiger partial charge is 0.193 e. The zero-order valence-corrected chi connectivity index (χ0v) is 19.8. The highest BCUT2D eigenvalue weighted by atomic mass is 127. The predicted octanol–water partition coefficient (Wildman–Crippen LogP) is 3.33. The van der Waals surface area contributed by atoms with E-state index in [-0.39, 0.29) is 24.0 Å². The Morgan fingerprint density at radius 3 is 2.75 bits per heavy atom. The van der Waals surface area contributed by atoms with Crippen LogP contribution >= 0.6 is 24.0 Å². The van der Waals surface area contributed by atoms with Gasteiger partial charge in [0.2, 0.25) is 0 Å². The maximum atomic E-state index is 5.81. The van der Waals surface area contributed by atoms with Crippen molar-refractivity contribution < 1.29 is 14.2 Å². The van der Waals surface area contributed by atoms with Gasteiger partial charge in [0.25, 0.3) is 0 Å². The Bertz CT molecular complexity index is 548. The molecule has 2 rings (SSSR count). The van der Waals surface area contributed by atoms with Gasteiger partial charge in [0.05, 0.1) is 19.8 Å².